The second-order valence-electron chi connectivity index (χ2n) is 6.25. The van der Waals surface area contributed by atoms with Gasteiger partial charge in [-0.1, -0.05) is 18.2 Å². The third-order valence-electron chi connectivity index (χ3n) is 4.99. The molecular formula is C16H21NO. The monoisotopic (exact) mass is 243 g/mol. The second-order valence-corrected chi connectivity index (χ2v) is 6.25. The summed E-state index contributed by atoms with van der Waals surface area (Å²) in [6.45, 7) is 2.07. The van der Waals surface area contributed by atoms with Crippen molar-refractivity contribution >= 4 is 0 Å². The summed E-state index contributed by atoms with van der Waals surface area (Å²) in [6.07, 6.45) is 6.97. The molecule has 2 saturated carbocycles. The van der Waals surface area contributed by atoms with Crippen LogP contribution in [0.1, 0.15) is 43.7 Å². The van der Waals surface area contributed by atoms with Crippen molar-refractivity contribution in [1.29, 1.82) is 0 Å². The van der Waals surface area contributed by atoms with Crippen molar-refractivity contribution in [1.82, 2.24) is 5.32 Å². The topological polar surface area (TPSA) is 21.3 Å². The maximum atomic E-state index is 5.72. The van der Waals surface area contributed by atoms with Gasteiger partial charge in [0.1, 0.15) is 5.75 Å². The van der Waals surface area contributed by atoms with Gasteiger partial charge >= 0.3 is 0 Å². The Bertz CT molecular complexity index is 448. The summed E-state index contributed by atoms with van der Waals surface area (Å²) in [5.74, 6) is 2.12. The molecule has 0 amide bonds. The average Bonchev–Trinajstić information content (AvgIpc) is 3.28. The van der Waals surface area contributed by atoms with Crippen LogP contribution in [0.4, 0.5) is 0 Å². The van der Waals surface area contributed by atoms with Crippen LogP contribution in [0, 0.1) is 11.3 Å². The maximum absolute atomic E-state index is 5.72. The van der Waals surface area contributed by atoms with Gasteiger partial charge in [0, 0.05) is 24.6 Å². The van der Waals surface area contributed by atoms with Crippen molar-refractivity contribution in [3.05, 3.63) is 29.8 Å². The van der Waals surface area contributed by atoms with Gasteiger partial charge in [0.2, 0.25) is 0 Å². The summed E-state index contributed by atoms with van der Waals surface area (Å²) < 4.78 is 5.72. The standard InChI is InChI=1S/C16H21NO/c1-2-4-15-13(3-1)14(7-10-18-15)17-11-16(8-9-16)12-5-6-12/h1-4,12,14,17H,5-11H2. The fourth-order valence-corrected chi connectivity index (χ4v) is 3.47. The van der Waals surface area contributed by atoms with Crippen LogP contribution < -0.4 is 10.1 Å². The van der Waals surface area contributed by atoms with E-state index in [-0.39, 0.29) is 0 Å². The first-order valence-corrected chi connectivity index (χ1v) is 7.33. The summed E-state index contributed by atoms with van der Waals surface area (Å²) in [4.78, 5) is 0. The summed E-state index contributed by atoms with van der Waals surface area (Å²) in [5, 5.41) is 3.82. The minimum Gasteiger partial charge on any atom is -0.493 e. The molecule has 1 aromatic rings. The van der Waals surface area contributed by atoms with Gasteiger partial charge in [-0.2, -0.15) is 0 Å². The Morgan fingerprint density at radius 3 is 2.78 bits per heavy atom. The summed E-state index contributed by atoms with van der Waals surface area (Å²) >= 11 is 0. The van der Waals surface area contributed by atoms with Crippen molar-refractivity contribution in [3.8, 4) is 5.75 Å². The van der Waals surface area contributed by atoms with Gasteiger partial charge in [-0.15, -0.1) is 0 Å². The highest BCUT2D eigenvalue weighted by molar-refractivity contribution is 5.37. The maximum Gasteiger partial charge on any atom is 0.124 e. The van der Waals surface area contributed by atoms with E-state index in [1.54, 1.807) is 0 Å². The van der Waals surface area contributed by atoms with Crippen molar-refractivity contribution in [2.45, 2.75) is 38.1 Å². The smallest absolute Gasteiger partial charge is 0.124 e. The predicted octanol–water partition coefficient (Wildman–Crippen LogP) is 3.29. The number of para-hydroxylation sites is 1. The van der Waals surface area contributed by atoms with Crippen molar-refractivity contribution in [2.75, 3.05) is 13.2 Å². The van der Waals surface area contributed by atoms with E-state index in [0.29, 0.717) is 11.5 Å². The Hall–Kier alpha value is -1.02. The van der Waals surface area contributed by atoms with Crippen LogP contribution in [0.25, 0.3) is 0 Å². The third-order valence-corrected chi connectivity index (χ3v) is 4.99. The zero-order valence-corrected chi connectivity index (χ0v) is 10.8. The van der Waals surface area contributed by atoms with Crippen LogP contribution in [-0.4, -0.2) is 13.2 Å². The molecular weight excluding hydrogens is 222 g/mol. The quantitative estimate of drug-likeness (QED) is 0.876. The fraction of sp³-hybridized carbons (Fsp3) is 0.625. The highest BCUT2D eigenvalue weighted by atomic mass is 16.5. The second kappa shape index (κ2) is 3.99. The molecule has 1 aliphatic heterocycles. The number of nitrogens with one attached hydrogen (secondary N) is 1. The van der Waals surface area contributed by atoms with Crippen molar-refractivity contribution < 1.29 is 4.74 Å². The van der Waals surface area contributed by atoms with E-state index >= 15 is 0 Å². The number of ether oxygens (including phenoxy) is 1. The molecule has 2 fully saturated rings. The Morgan fingerprint density at radius 2 is 2.00 bits per heavy atom. The van der Waals surface area contributed by atoms with E-state index in [9.17, 15) is 0 Å². The molecule has 2 heteroatoms. The average molecular weight is 243 g/mol. The van der Waals surface area contributed by atoms with E-state index < -0.39 is 0 Å². The van der Waals surface area contributed by atoms with Gasteiger partial charge < -0.3 is 10.1 Å². The summed E-state index contributed by atoms with van der Waals surface area (Å²) in [5.41, 5.74) is 2.04. The Balaban J connectivity index is 1.46. The molecule has 0 aromatic heterocycles. The Morgan fingerprint density at radius 1 is 1.17 bits per heavy atom. The lowest BCUT2D eigenvalue weighted by atomic mass is 9.97. The summed E-state index contributed by atoms with van der Waals surface area (Å²) in [7, 11) is 0. The Labute approximate surface area is 109 Å². The minimum absolute atomic E-state index is 0.506. The Kier molecular flexibility index (Phi) is 2.41. The van der Waals surface area contributed by atoms with Crippen LogP contribution in [-0.2, 0) is 0 Å². The molecule has 3 aliphatic rings. The number of hydrogen-bond donors (Lipinski definition) is 1. The molecule has 1 heterocycles. The molecule has 4 rings (SSSR count). The lowest BCUT2D eigenvalue weighted by molar-refractivity contribution is 0.243. The van der Waals surface area contributed by atoms with Crippen LogP contribution in [0.3, 0.4) is 0 Å². The van der Waals surface area contributed by atoms with E-state index in [1.165, 1.54) is 37.8 Å². The molecule has 1 N–H and O–H groups in total. The zero-order chi connectivity index (χ0) is 12.0. The lowest BCUT2D eigenvalue weighted by Gasteiger charge is -2.28. The minimum atomic E-state index is 0.506. The molecule has 0 spiro atoms. The fourth-order valence-electron chi connectivity index (χ4n) is 3.47. The van der Waals surface area contributed by atoms with Crippen LogP contribution in [0.5, 0.6) is 5.75 Å². The van der Waals surface area contributed by atoms with Crippen molar-refractivity contribution in [2.24, 2.45) is 11.3 Å². The molecule has 2 nitrogen and oxygen atoms in total. The van der Waals surface area contributed by atoms with Gasteiger partial charge in [0.05, 0.1) is 6.61 Å². The van der Waals surface area contributed by atoms with E-state index in [0.717, 1.165) is 24.7 Å². The molecule has 0 bridgehead atoms. The zero-order valence-electron chi connectivity index (χ0n) is 10.8. The molecule has 1 aromatic carbocycles. The number of rotatable bonds is 4. The molecule has 18 heavy (non-hydrogen) atoms. The van der Waals surface area contributed by atoms with Crippen LogP contribution in [0.2, 0.25) is 0 Å². The molecule has 1 atom stereocenters. The molecule has 1 unspecified atom stereocenters. The first-order valence-electron chi connectivity index (χ1n) is 7.33. The number of fused-ring (bicyclic) bond motifs is 1. The predicted molar refractivity (Wildman–Crippen MR) is 71.7 cm³/mol. The molecule has 0 saturated heterocycles. The largest absolute Gasteiger partial charge is 0.493 e. The van der Waals surface area contributed by atoms with Gasteiger partial charge in [-0.25, -0.2) is 0 Å². The van der Waals surface area contributed by atoms with E-state index in [4.69, 9.17) is 4.74 Å². The lowest BCUT2D eigenvalue weighted by Crippen LogP contribution is -2.32. The highest BCUT2D eigenvalue weighted by Gasteiger charge is 2.53. The first-order chi connectivity index (χ1) is 8.87. The van der Waals surface area contributed by atoms with Gasteiger partial charge in [0.15, 0.2) is 0 Å². The number of benzene rings is 1. The van der Waals surface area contributed by atoms with E-state index in [1.807, 2.05) is 0 Å². The summed E-state index contributed by atoms with van der Waals surface area (Å²) in [6, 6.07) is 9.00. The molecule has 0 radical (unpaired) electrons. The normalized spacial score (nSPS) is 28.3. The first kappa shape index (κ1) is 10.9. The molecule has 2 aliphatic carbocycles. The number of hydrogen-bond acceptors (Lipinski definition) is 2. The van der Waals surface area contributed by atoms with Crippen LogP contribution in [0.15, 0.2) is 24.3 Å². The van der Waals surface area contributed by atoms with E-state index in [2.05, 4.69) is 29.6 Å². The SMILES string of the molecule is c1ccc2c(c1)OCCC2NCC1(C2CC2)CC1. The van der Waals surface area contributed by atoms with Gasteiger partial charge in [-0.05, 0) is 43.1 Å². The van der Waals surface area contributed by atoms with Crippen LogP contribution >= 0.6 is 0 Å². The third kappa shape index (κ3) is 1.83. The van der Waals surface area contributed by atoms with Crippen molar-refractivity contribution in [3.63, 3.8) is 0 Å². The van der Waals surface area contributed by atoms with Gasteiger partial charge in [0.25, 0.3) is 0 Å². The van der Waals surface area contributed by atoms with Gasteiger partial charge in [-0.3, -0.25) is 0 Å². The molecule has 96 valence electrons. The highest BCUT2D eigenvalue weighted by Crippen LogP contribution is 2.61.